The lowest BCUT2D eigenvalue weighted by molar-refractivity contribution is -0.153. The van der Waals surface area contributed by atoms with E-state index in [0.717, 1.165) is 25.7 Å². The van der Waals surface area contributed by atoms with E-state index < -0.39 is 28.3 Å². The van der Waals surface area contributed by atoms with Gasteiger partial charge in [-0.15, -0.1) is 11.3 Å². The molecule has 0 radical (unpaired) electrons. The molecule has 10 heteroatoms. The Labute approximate surface area is 184 Å². The van der Waals surface area contributed by atoms with E-state index in [-0.39, 0.29) is 17.5 Å². The van der Waals surface area contributed by atoms with Gasteiger partial charge in [-0.25, -0.2) is 0 Å². The Balaban J connectivity index is 1.96. The number of thiol groups is 1. The summed E-state index contributed by atoms with van der Waals surface area (Å²) in [5, 5.41) is 10.9. The maximum Gasteiger partial charge on any atom is 0.422 e. The zero-order valence-corrected chi connectivity index (χ0v) is 18.6. The minimum Gasteiger partial charge on any atom is -0.484 e. The Kier molecular flexibility index (Phi) is 6.67. The van der Waals surface area contributed by atoms with Crippen LogP contribution < -0.4 is 9.46 Å². The molecule has 0 amide bonds. The third-order valence-corrected chi connectivity index (χ3v) is 7.91. The predicted octanol–water partition coefficient (Wildman–Crippen LogP) is 5.52. The van der Waals surface area contributed by atoms with Crippen LogP contribution in [-0.2, 0) is 10.8 Å². The Morgan fingerprint density at radius 1 is 1.20 bits per heavy atom. The van der Waals surface area contributed by atoms with Gasteiger partial charge in [0.25, 0.3) is 0 Å². The first-order chi connectivity index (χ1) is 14.0. The van der Waals surface area contributed by atoms with Gasteiger partial charge in [0.1, 0.15) is 10.5 Å². The Bertz CT molecular complexity index is 1140. The van der Waals surface area contributed by atoms with Crippen LogP contribution in [0, 0.1) is 11.3 Å². The first-order valence-electron chi connectivity index (χ1n) is 8.89. The number of nitrogens with one attached hydrogen (secondary N) is 1. The van der Waals surface area contributed by atoms with Gasteiger partial charge >= 0.3 is 6.18 Å². The Morgan fingerprint density at radius 2 is 1.83 bits per heavy atom. The monoisotopic (exact) mass is 472 g/mol. The number of hydrogen-bond acceptors (Lipinski definition) is 6. The molecule has 0 aliphatic rings. The quantitative estimate of drug-likeness (QED) is 0.445. The van der Waals surface area contributed by atoms with Crippen molar-refractivity contribution in [2.75, 3.05) is 12.4 Å². The summed E-state index contributed by atoms with van der Waals surface area (Å²) in [5.41, 5.74) is 0.820. The van der Waals surface area contributed by atoms with Crippen LogP contribution in [0.1, 0.15) is 25.5 Å². The number of fused-ring (bicyclic) bond motifs is 3. The van der Waals surface area contributed by atoms with Crippen molar-refractivity contribution < 1.29 is 22.1 Å². The second-order valence-corrected chi connectivity index (χ2v) is 10.6. The van der Waals surface area contributed by atoms with E-state index in [1.807, 2.05) is 18.2 Å². The Hall–Kier alpha value is -1.80. The van der Waals surface area contributed by atoms with Crippen molar-refractivity contribution >= 4 is 55.1 Å². The zero-order chi connectivity index (χ0) is 22.1. The van der Waals surface area contributed by atoms with Crippen molar-refractivity contribution in [1.82, 2.24) is 4.72 Å². The molecule has 0 bridgehead atoms. The molecule has 3 aromatic rings. The molecule has 0 saturated heterocycles. The molecule has 3 rings (SSSR count). The molecule has 160 valence electrons. The van der Waals surface area contributed by atoms with Crippen LogP contribution in [0.25, 0.3) is 20.2 Å². The average Bonchev–Trinajstić information content (AvgIpc) is 3.06. The number of thiophene rings is 1. The number of benzene rings is 2. The summed E-state index contributed by atoms with van der Waals surface area (Å²) in [7, 11) is -1.42. The van der Waals surface area contributed by atoms with E-state index in [1.165, 1.54) is 17.4 Å². The van der Waals surface area contributed by atoms with E-state index >= 15 is 0 Å². The lowest BCUT2D eigenvalue weighted by Crippen LogP contribution is -2.31. The molecular formula is C20H19F3N2O2S3. The molecule has 0 saturated carbocycles. The molecule has 1 heterocycles. The lowest BCUT2D eigenvalue weighted by Gasteiger charge is -2.21. The fraction of sp³-hybridized carbons (Fsp3) is 0.350. The summed E-state index contributed by atoms with van der Waals surface area (Å²) in [6.07, 6.45) is -4.41. The Morgan fingerprint density at radius 3 is 2.43 bits per heavy atom. The van der Waals surface area contributed by atoms with E-state index in [9.17, 15) is 22.6 Å². The van der Waals surface area contributed by atoms with E-state index in [4.69, 9.17) is 4.74 Å². The van der Waals surface area contributed by atoms with Crippen molar-refractivity contribution in [2.24, 2.45) is 0 Å². The number of rotatable bonds is 7. The molecule has 2 aromatic carbocycles. The van der Waals surface area contributed by atoms with Gasteiger partial charge in [0.15, 0.2) is 6.61 Å². The molecule has 4 nitrogen and oxygen atoms in total. The van der Waals surface area contributed by atoms with Gasteiger partial charge in [-0.2, -0.15) is 18.4 Å². The number of halogens is 3. The number of alkyl halides is 3. The summed E-state index contributed by atoms with van der Waals surface area (Å²) in [5.74, 6) is 0.336. The van der Waals surface area contributed by atoms with Crippen LogP contribution in [-0.4, -0.2) is 27.5 Å². The van der Waals surface area contributed by atoms with Crippen LogP contribution in [0.3, 0.4) is 0 Å². The smallest absolute Gasteiger partial charge is 0.422 e. The predicted molar refractivity (Wildman–Crippen MR) is 118 cm³/mol. The maximum atomic E-state index is 12.6. The van der Waals surface area contributed by atoms with Crippen LogP contribution in [0.15, 0.2) is 36.4 Å². The van der Waals surface area contributed by atoms with Gasteiger partial charge in [-0.1, -0.05) is 18.9 Å². The van der Waals surface area contributed by atoms with Gasteiger partial charge in [-0.05, 0) is 49.7 Å². The normalized spacial score (nSPS) is 14.6. The first-order valence-corrected chi connectivity index (χ1v) is 11.5. The fourth-order valence-electron chi connectivity index (χ4n) is 2.86. The first kappa shape index (κ1) is 22.9. The van der Waals surface area contributed by atoms with Crippen molar-refractivity contribution in [3.63, 3.8) is 0 Å². The minimum absolute atomic E-state index is 0.144. The molecule has 30 heavy (non-hydrogen) atoms. The van der Waals surface area contributed by atoms with Gasteiger partial charge < -0.3 is 4.74 Å². The number of nitriles is 1. The van der Waals surface area contributed by atoms with Gasteiger partial charge in [0.05, 0.1) is 12.1 Å². The van der Waals surface area contributed by atoms with Crippen LogP contribution in [0.5, 0.6) is 5.75 Å². The van der Waals surface area contributed by atoms with Gasteiger partial charge in [0, 0.05) is 36.7 Å². The van der Waals surface area contributed by atoms with Crippen molar-refractivity contribution in [2.45, 2.75) is 30.8 Å². The third kappa shape index (κ3) is 5.09. The standard InChI is InChI=1S/C20H19F3N2O2S3/c1-19(2,10-24)30(26)9-16(25-28)12-3-5-17-14(7-12)15-8-13(4-6-18(15)29-17)27-11-20(21,22)23/h3-8,16,25,28H,9,11H2,1-2H3/t16-,30?/m0/s1. The van der Waals surface area contributed by atoms with Crippen LogP contribution in [0.4, 0.5) is 13.2 Å². The van der Waals surface area contributed by atoms with Crippen LogP contribution in [0.2, 0.25) is 0 Å². The molecular weight excluding hydrogens is 453 g/mol. The molecule has 0 fully saturated rings. The summed E-state index contributed by atoms with van der Waals surface area (Å²) < 4.78 is 58.6. The number of hydrogen-bond donors (Lipinski definition) is 2. The lowest BCUT2D eigenvalue weighted by atomic mass is 10.0. The van der Waals surface area contributed by atoms with E-state index in [2.05, 4.69) is 23.6 Å². The minimum atomic E-state index is -4.41. The topological polar surface area (TPSA) is 62.1 Å². The average molecular weight is 473 g/mol. The molecule has 1 aromatic heterocycles. The molecule has 1 unspecified atom stereocenters. The van der Waals surface area contributed by atoms with E-state index in [1.54, 1.807) is 26.0 Å². The second kappa shape index (κ2) is 8.75. The zero-order valence-electron chi connectivity index (χ0n) is 16.1. The second-order valence-electron chi connectivity index (χ2n) is 7.24. The number of ether oxygens (including phenoxy) is 1. The van der Waals surface area contributed by atoms with Crippen molar-refractivity contribution in [3.8, 4) is 11.8 Å². The third-order valence-electron chi connectivity index (χ3n) is 4.58. The highest BCUT2D eigenvalue weighted by molar-refractivity contribution is 7.86. The highest BCUT2D eigenvalue weighted by Crippen LogP contribution is 2.37. The highest BCUT2D eigenvalue weighted by Gasteiger charge is 2.29. The molecule has 0 aliphatic heterocycles. The summed E-state index contributed by atoms with van der Waals surface area (Å²) in [6, 6.07) is 12.3. The maximum absolute atomic E-state index is 12.6. The van der Waals surface area contributed by atoms with Gasteiger partial charge in [-0.3, -0.25) is 8.93 Å². The molecule has 0 aliphatic carbocycles. The largest absolute Gasteiger partial charge is 0.484 e. The van der Waals surface area contributed by atoms with Crippen LogP contribution >= 0.6 is 24.2 Å². The molecule has 0 spiro atoms. The highest BCUT2D eigenvalue weighted by atomic mass is 32.2. The summed E-state index contributed by atoms with van der Waals surface area (Å²) in [4.78, 5) is 0. The summed E-state index contributed by atoms with van der Waals surface area (Å²) in [6.45, 7) is 1.89. The molecule has 2 atom stereocenters. The SMILES string of the molecule is CC(C)(C#N)S(=O)C[C@H](NS)c1ccc2sc3ccc(OCC(F)(F)F)cc3c2c1. The molecule has 1 N–H and O–H groups in total. The van der Waals surface area contributed by atoms with Crippen molar-refractivity contribution in [1.29, 1.82) is 5.26 Å². The van der Waals surface area contributed by atoms with Gasteiger partial charge in [0.2, 0.25) is 0 Å². The van der Waals surface area contributed by atoms with E-state index in [0.29, 0.717) is 0 Å². The summed E-state index contributed by atoms with van der Waals surface area (Å²) >= 11 is 5.68. The fourth-order valence-corrected chi connectivity index (χ4v) is 5.39. The number of nitrogens with zero attached hydrogens (tertiary/aromatic N) is 1. The van der Waals surface area contributed by atoms with Crippen molar-refractivity contribution in [3.05, 3.63) is 42.0 Å².